The molecule has 5 rings (SSSR count). The molecule has 2 aliphatic heterocycles. The number of morpholine rings is 1. The number of rotatable bonds is 4. The van der Waals surface area contributed by atoms with Crippen LogP contribution in [0.1, 0.15) is 12.8 Å². The van der Waals surface area contributed by atoms with E-state index in [1.165, 1.54) is 0 Å². The van der Waals surface area contributed by atoms with Crippen LogP contribution >= 0.6 is 0 Å². The van der Waals surface area contributed by atoms with Crippen molar-refractivity contribution in [3.8, 4) is 11.3 Å². The van der Waals surface area contributed by atoms with Crippen molar-refractivity contribution in [3.63, 3.8) is 0 Å². The average molecular weight is 412 g/mol. The summed E-state index contributed by atoms with van der Waals surface area (Å²) >= 11 is 0. The summed E-state index contributed by atoms with van der Waals surface area (Å²) in [5.74, 6) is 1.23. The first-order valence-corrected chi connectivity index (χ1v) is 10.1. The van der Waals surface area contributed by atoms with E-state index in [2.05, 4.69) is 29.8 Å². The fraction of sp³-hybridized carbons (Fsp3) is 0.526. The summed E-state index contributed by atoms with van der Waals surface area (Å²) in [6.07, 6.45) is 6.04. The van der Waals surface area contributed by atoms with Crippen molar-refractivity contribution in [1.29, 1.82) is 0 Å². The molecule has 0 spiro atoms. The Morgan fingerprint density at radius 1 is 0.967 bits per heavy atom. The van der Waals surface area contributed by atoms with E-state index in [1.807, 2.05) is 4.90 Å². The SMILES string of the molecule is OCC1(O)CCN(c2nc(-c3cnc(N4CCOCC4)nc3)c3nc[nH]c3n2)CC1. The van der Waals surface area contributed by atoms with Gasteiger partial charge in [-0.1, -0.05) is 0 Å². The summed E-state index contributed by atoms with van der Waals surface area (Å²) in [6, 6.07) is 0. The van der Waals surface area contributed by atoms with E-state index in [4.69, 9.17) is 9.72 Å². The molecular weight excluding hydrogens is 388 g/mol. The molecule has 3 N–H and O–H groups in total. The van der Waals surface area contributed by atoms with Crippen LogP contribution in [-0.4, -0.2) is 91.7 Å². The maximum Gasteiger partial charge on any atom is 0.228 e. The van der Waals surface area contributed by atoms with E-state index in [9.17, 15) is 10.2 Å². The third kappa shape index (κ3) is 3.55. The van der Waals surface area contributed by atoms with Gasteiger partial charge in [0.2, 0.25) is 11.9 Å². The summed E-state index contributed by atoms with van der Waals surface area (Å²) in [5.41, 5.74) is 1.69. The lowest BCUT2D eigenvalue weighted by molar-refractivity contribution is -0.0327. The Balaban J connectivity index is 1.45. The summed E-state index contributed by atoms with van der Waals surface area (Å²) in [6.45, 7) is 3.78. The third-order valence-corrected chi connectivity index (χ3v) is 5.74. The van der Waals surface area contributed by atoms with Crippen LogP contribution in [0.5, 0.6) is 0 Å². The molecule has 0 atom stereocenters. The van der Waals surface area contributed by atoms with Gasteiger partial charge in [0.1, 0.15) is 11.2 Å². The second kappa shape index (κ2) is 7.74. The minimum Gasteiger partial charge on any atom is -0.393 e. The summed E-state index contributed by atoms with van der Waals surface area (Å²) in [4.78, 5) is 30.0. The predicted molar refractivity (Wildman–Crippen MR) is 109 cm³/mol. The predicted octanol–water partition coefficient (Wildman–Crippen LogP) is -0.0299. The molecule has 3 aromatic heterocycles. The maximum absolute atomic E-state index is 10.3. The van der Waals surface area contributed by atoms with Gasteiger partial charge in [-0.15, -0.1) is 0 Å². The summed E-state index contributed by atoms with van der Waals surface area (Å²) in [5, 5.41) is 19.7. The fourth-order valence-corrected chi connectivity index (χ4v) is 3.82. The van der Waals surface area contributed by atoms with Gasteiger partial charge < -0.3 is 29.7 Å². The number of aromatic amines is 1. The molecule has 0 aliphatic carbocycles. The molecule has 0 amide bonds. The first-order valence-electron chi connectivity index (χ1n) is 10.1. The zero-order valence-electron chi connectivity index (χ0n) is 16.5. The fourth-order valence-electron chi connectivity index (χ4n) is 3.82. The van der Waals surface area contributed by atoms with Crippen molar-refractivity contribution >= 4 is 23.1 Å². The van der Waals surface area contributed by atoms with Crippen molar-refractivity contribution in [2.24, 2.45) is 0 Å². The van der Waals surface area contributed by atoms with Crippen molar-refractivity contribution in [2.45, 2.75) is 18.4 Å². The van der Waals surface area contributed by atoms with Gasteiger partial charge in [-0.2, -0.15) is 4.98 Å². The molecule has 0 radical (unpaired) electrons. The van der Waals surface area contributed by atoms with E-state index in [0.29, 0.717) is 67.9 Å². The highest BCUT2D eigenvalue weighted by molar-refractivity contribution is 5.87. The van der Waals surface area contributed by atoms with Crippen LogP contribution in [0.4, 0.5) is 11.9 Å². The van der Waals surface area contributed by atoms with Crippen LogP contribution in [0.3, 0.4) is 0 Å². The Morgan fingerprint density at radius 3 is 2.37 bits per heavy atom. The van der Waals surface area contributed by atoms with Gasteiger partial charge in [0.25, 0.3) is 0 Å². The van der Waals surface area contributed by atoms with E-state index < -0.39 is 5.60 Å². The number of hydrogen-bond acceptors (Lipinski definition) is 10. The standard InChI is InChI=1S/C19H24N8O3/c28-11-19(29)1-3-26(4-2-19)18-24-14(15-16(25-18)23-12-22-15)13-9-20-17(21-10-13)27-5-7-30-8-6-27/h9-10,12,28-29H,1-8,11H2,(H,22,23,24,25). The zero-order chi connectivity index (χ0) is 20.6. The van der Waals surface area contributed by atoms with Crippen molar-refractivity contribution in [2.75, 3.05) is 55.8 Å². The second-order valence-corrected chi connectivity index (χ2v) is 7.71. The number of aliphatic hydroxyl groups excluding tert-OH is 1. The number of H-pyrrole nitrogens is 1. The molecule has 158 valence electrons. The molecule has 2 aliphatic rings. The van der Waals surface area contributed by atoms with E-state index in [0.717, 1.165) is 18.7 Å². The smallest absolute Gasteiger partial charge is 0.228 e. The molecule has 0 saturated carbocycles. The second-order valence-electron chi connectivity index (χ2n) is 7.71. The molecule has 2 saturated heterocycles. The first-order chi connectivity index (χ1) is 14.6. The van der Waals surface area contributed by atoms with Gasteiger partial charge >= 0.3 is 0 Å². The minimum absolute atomic E-state index is 0.237. The Kier molecular flexibility index (Phi) is 4.93. The number of anilines is 2. The van der Waals surface area contributed by atoms with Crippen LogP contribution in [0.2, 0.25) is 0 Å². The van der Waals surface area contributed by atoms with E-state index >= 15 is 0 Å². The highest BCUT2D eigenvalue weighted by Crippen LogP contribution is 2.29. The average Bonchev–Trinajstić information content (AvgIpc) is 3.28. The quantitative estimate of drug-likeness (QED) is 0.536. The molecule has 11 heteroatoms. The third-order valence-electron chi connectivity index (χ3n) is 5.74. The van der Waals surface area contributed by atoms with Crippen LogP contribution in [-0.2, 0) is 4.74 Å². The number of aliphatic hydroxyl groups is 2. The van der Waals surface area contributed by atoms with Crippen LogP contribution in [0.25, 0.3) is 22.4 Å². The molecular formula is C19H24N8O3. The normalized spacial score (nSPS) is 19.4. The largest absolute Gasteiger partial charge is 0.393 e. The highest BCUT2D eigenvalue weighted by atomic mass is 16.5. The van der Waals surface area contributed by atoms with E-state index in [-0.39, 0.29) is 6.61 Å². The number of nitrogens with zero attached hydrogens (tertiary/aromatic N) is 7. The Morgan fingerprint density at radius 2 is 1.67 bits per heavy atom. The van der Waals surface area contributed by atoms with Gasteiger partial charge in [-0.05, 0) is 12.8 Å². The lowest BCUT2D eigenvalue weighted by Gasteiger charge is -2.37. The Labute approximate surface area is 172 Å². The van der Waals surface area contributed by atoms with Crippen molar-refractivity contribution in [1.82, 2.24) is 29.9 Å². The number of imidazole rings is 1. The Hall–Kier alpha value is -2.89. The molecule has 0 aromatic carbocycles. The monoisotopic (exact) mass is 412 g/mol. The number of fused-ring (bicyclic) bond motifs is 1. The first kappa shape index (κ1) is 19.1. The molecule has 30 heavy (non-hydrogen) atoms. The number of nitrogens with one attached hydrogen (secondary N) is 1. The van der Waals surface area contributed by atoms with Gasteiger partial charge in [0, 0.05) is 44.1 Å². The molecule has 2 fully saturated rings. The summed E-state index contributed by atoms with van der Waals surface area (Å²) < 4.78 is 5.38. The molecule has 5 heterocycles. The molecule has 0 bridgehead atoms. The molecule has 0 unspecified atom stereocenters. The van der Waals surface area contributed by atoms with Gasteiger partial charge in [-0.25, -0.2) is 19.9 Å². The summed E-state index contributed by atoms with van der Waals surface area (Å²) in [7, 11) is 0. The van der Waals surface area contributed by atoms with Gasteiger partial charge in [0.15, 0.2) is 5.65 Å². The number of aromatic nitrogens is 6. The van der Waals surface area contributed by atoms with Gasteiger partial charge in [-0.3, -0.25) is 0 Å². The zero-order valence-corrected chi connectivity index (χ0v) is 16.5. The lowest BCUT2D eigenvalue weighted by atomic mass is 9.93. The minimum atomic E-state index is -1.03. The number of ether oxygens (including phenoxy) is 1. The Bertz CT molecular complexity index is 1010. The van der Waals surface area contributed by atoms with Crippen LogP contribution in [0, 0.1) is 0 Å². The van der Waals surface area contributed by atoms with Gasteiger partial charge in [0.05, 0.1) is 31.7 Å². The van der Waals surface area contributed by atoms with Crippen LogP contribution in [0.15, 0.2) is 18.7 Å². The lowest BCUT2D eigenvalue weighted by Crippen LogP contribution is -2.47. The van der Waals surface area contributed by atoms with Crippen molar-refractivity contribution in [3.05, 3.63) is 18.7 Å². The highest BCUT2D eigenvalue weighted by Gasteiger charge is 2.32. The van der Waals surface area contributed by atoms with Crippen LogP contribution < -0.4 is 9.80 Å². The molecule has 11 nitrogen and oxygen atoms in total. The van der Waals surface area contributed by atoms with Crippen molar-refractivity contribution < 1.29 is 14.9 Å². The maximum atomic E-state index is 10.3. The van der Waals surface area contributed by atoms with E-state index in [1.54, 1.807) is 18.7 Å². The molecule has 3 aromatic rings. The number of piperidine rings is 1. The topological polar surface area (TPSA) is 136 Å². The number of hydrogen-bond donors (Lipinski definition) is 3.